The molecule has 1 aromatic rings. The largest absolute Gasteiger partial charge is 0.492 e. The number of rotatable bonds is 5. The average molecular weight is 237 g/mol. The third-order valence-corrected chi connectivity index (χ3v) is 3.58. The van der Waals surface area contributed by atoms with Crippen molar-refractivity contribution in [1.29, 1.82) is 0 Å². The van der Waals surface area contributed by atoms with Gasteiger partial charge >= 0.3 is 0 Å². The molecule has 1 aliphatic rings. The third-order valence-electron chi connectivity index (χ3n) is 3.58. The molecule has 2 nitrogen and oxygen atoms in total. The van der Waals surface area contributed by atoms with Crippen molar-refractivity contribution in [3.8, 4) is 5.75 Å². The van der Waals surface area contributed by atoms with Crippen LogP contribution in [0.3, 0.4) is 0 Å². The second-order valence-electron chi connectivity index (χ2n) is 4.70. The summed E-state index contributed by atoms with van der Waals surface area (Å²) in [4.78, 5) is 0. The summed E-state index contributed by atoms with van der Waals surface area (Å²) in [5.41, 5.74) is 0. The first-order valence-electron chi connectivity index (χ1n) is 6.35. The Balaban J connectivity index is 1.84. The number of benzene rings is 1. The lowest BCUT2D eigenvalue weighted by Crippen LogP contribution is -2.37. The maximum Gasteiger partial charge on any atom is 0.123 e. The van der Waals surface area contributed by atoms with Gasteiger partial charge in [-0.05, 0) is 50.1 Å². The van der Waals surface area contributed by atoms with E-state index < -0.39 is 0 Å². The number of hydrogen-bond donors (Lipinski definition) is 1. The van der Waals surface area contributed by atoms with E-state index in [0.29, 0.717) is 12.6 Å². The minimum absolute atomic E-state index is 0.224. The maximum atomic E-state index is 12.7. The SMILES string of the molecule is CNC(COc1ccc(F)cc1)C1CCCC1. The molecule has 2 rings (SSSR count). The number of likely N-dealkylation sites (N-methyl/N-ethyl adjacent to an activating group) is 1. The molecular formula is C14H20FNO. The zero-order chi connectivity index (χ0) is 12.1. The molecule has 1 aliphatic carbocycles. The fraction of sp³-hybridized carbons (Fsp3) is 0.571. The first kappa shape index (κ1) is 12.4. The molecule has 1 saturated carbocycles. The van der Waals surface area contributed by atoms with Gasteiger partial charge in [0.25, 0.3) is 0 Å². The highest BCUT2D eigenvalue weighted by Crippen LogP contribution is 2.28. The molecule has 1 atom stereocenters. The van der Waals surface area contributed by atoms with Crippen LogP contribution in [0, 0.1) is 11.7 Å². The monoisotopic (exact) mass is 237 g/mol. The van der Waals surface area contributed by atoms with E-state index in [2.05, 4.69) is 5.32 Å². The molecular weight excluding hydrogens is 217 g/mol. The van der Waals surface area contributed by atoms with Gasteiger partial charge in [0.15, 0.2) is 0 Å². The smallest absolute Gasteiger partial charge is 0.123 e. The number of nitrogens with one attached hydrogen (secondary N) is 1. The summed E-state index contributed by atoms with van der Waals surface area (Å²) in [5.74, 6) is 1.24. The molecule has 0 heterocycles. The molecule has 1 unspecified atom stereocenters. The topological polar surface area (TPSA) is 21.3 Å². The van der Waals surface area contributed by atoms with Gasteiger partial charge in [-0.2, -0.15) is 0 Å². The van der Waals surface area contributed by atoms with Crippen LogP contribution in [0.5, 0.6) is 5.75 Å². The minimum atomic E-state index is -0.224. The van der Waals surface area contributed by atoms with Crippen molar-refractivity contribution in [3.63, 3.8) is 0 Å². The maximum absolute atomic E-state index is 12.7. The minimum Gasteiger partial charge on any atom is -0.492 e. The lowest BCUT2D eigenvalue weighted by Gasteiger charge is -2.23. The molecule has 3 heteroatoms. The zero-order valence-electron chi connectivity index (χ0n) is 10.3. The summed E-state index contributed by atoms with van der Waals surface area (Å²) in [6.45, 7) is 0.660. The zero-order valence-corrected chi connectivity index (χ0v) is 10.3. The van der Waals surface area contributed by atoms with Crippen molar-refractivity contribution in [3.05, 3.63) is 30.1 Å². The molecule has 0 spiro atoms. The third kappa shape index (κ3) is 3.43. The summed E-state index contributed by atoms with van der Waals surface area (Å²) in [6, 6.07) is 6.62. The fourth-order valence-corrected chi connectivity index (χ4v) is 2.53. The lowest BCUT2D eigenvalue weighted by atomic mass is 9.99. The summed E-state index contributed by atoms with van der Waals surface area (Å²) in [5, 5.41) is 3.33. The standard InChI is InChI=1S/C14H20FNO/c1-16-14(11-4-2-3-5-11)10-17-13-8-6-12(15)7-9-13/h6-9,11,14,16H,2-5,10H2,1H3. The highest BCUT2D eigenvalue weighted by atomic mass is 19.1. The quantitative estimate of drug-likeness (QED) is 0.850. The summed E-state index contributed by atoms with van der Waals surface area (Å²) in [6.07, 6.45) is 5.25. The first-order chi connectivity index (χ1) is 8.29. The normalized spacial score (nSPS) is 18.2. The van der Waals surface area contributed by atoms with Crippen LogP contribution >= 0.6 is 0 Å². The Hall–Kier alpha value is -1.09. The van der Waals surface area contributed by atoms with Crippen LogP contribution in [0.15, 0.2) is 24.3 Å². The Morgan fingerprint density at radius 1 is 1.29 bits per heavy atom. The summed E-state index contributed by atoms with van der Waals surface area (Å²) >= 11 is 0. The highest BCUT2D eigenvalue weighted by Gasteiger charge is 2.24. The Bertz CT molecular complexity index is 333. The summed E-state index contributed by atoms with van der Waals surface area (Å²) < 4.78 is 18.4. The molecule has 0 radical (unpaired) electrons. The van der Waals surface area contributed by atoms with E-state index in [0.717, 1.165) is 11.7 Å². The van der Waals surface area contributed by atoms with Crippen molar-refractivity contribution in [2.45, 2.75) is 31.7 Å². The van der Waals surface area contributed by atoms with E-state index in [1.165, 1.54) is 37.8 Å². The Morgan fingerprint density at radius 2 is 1.94 bits per heavy atom. The van der Waals surface area contributed by atoms with Crippen LogP contribution in [0.25, 0.3) is 0 Å². The van der Waals surface area contributed by atoms with Gasteiger partial charge in [-0.25, -0.2) is 4.39 Å². The van der Waals surface area contributed by atoms with Gasteiger partial charge in [0, 0.05) is 6.04 Å². The van der Waals surface area contributed by atoms with E-state index >= 15 is 0 Å². The van der Waals surface area contributed by atoms with E-state index in [-0.39, 0.29) is 5.82 Å². The Kier molecular flexibility index (Phi) is 4.37. The van der Waals surface area contributed by atoms with E-state index in [4.69, 9.17) is 4.74 Å². The highest BCUT2D eigenvalue weighted by molar-refractivity contribution is 5.22. The average Bonchev–Trinajstić information content (AvgIpc) is 2.86. The second kappa shape index (κ2) is 6.01. The molecule has 1 fully saturated rings. The summed E-state index contributed by atoms with van der Waals surface area (Å²) in [7, 11) is 1.98. The molecule has 1 aromatic carbocycles. The van der Waals surface area contributed by atoms with Crippen LogP contribution in [-0.4, -0.2) is 19.7 Å². The van der Waals surface area contributed by atoms with E-state index in [1.54, 1.807) is 12.1 Å². The second-order valence-corrected chi connectivity index (χ2v) is 4.70. The lowest BCUT2D eigenvalue weighted by molar-refractivity contribution is 0.224. The van der Waals surface area contributed by atoms with Gasteiger partial charge in [0.05, 0.1) is 0 Å². The van der Waals surface area contributed by atoms with Crippen LogP contribution < -0.4 is 10.1 Å². The van der Waals surface area contributed by atoms with E-state index in [9.17, 15) is 4.39 Å². The molecule has 94 valence electrons. The number of hydrogen-bond acceptors (Lipinski definition) is 2. The number of halogens is 1. The van der Waals surface area contributed by atoms with Gasteiger partial charge in [-0.1, -0.05) is 12.8 Å². The van der Waals surface area contributed by atoms with Crippen LogP contribution in [0.2, 0.25) is 0 Å². The molecule has 0 saturated heterocycles. The van der Waals surface area contributed by atoms with Gasteiger partial charge in [0.1, 0.15) is 18.2 Å². The number of ether oxygens (including phenoxy) is 1. The van der Waals surface area contributed by atoms with Crippen molar-refractivity contribution >= 4 is 0 Å². The molecule has 0 bridgehead atoms. The molecule has 0 amide bonds. The van der Waals surface area contributed by atoms with Gasteiger partial charge in [0.2, 0.25) is 0 Å². The van der Waals surface area contributed by atoms with Crippen molar-refractivity contribution in [2.75, 3.05) is 13.7 Å². The fourth-order valence-electron chi connectivity index (χ4n) is 2.53. The van der Waals surface area contributed by atoms with Crippen LogP contribution in [0.1, 0.15) is 25.7 Å². The van der Waals surface area contributed by atoms with Gasteiger partial charge in [-0.15, -0.1) is 0 Å². The predicted octanol–water partition coefficient (Wildman–Crippen LogP) is 2.98. The molecule has 0 aromatic heterocycles. The van der Waals surface area contributed by atoms with Gasteiger partial charge < -0.3 is 10.1 Å². The molecule has 1 N–H and O–H groups in total. The van der Waals surface area contributed by atoms with Crippen molar-refractivity contribution < 1.29 is 9.13 Å². The van der Waals surface area contributed by atoms with Crippen LogP contribution in [-0.2, 0) is 0 Å². The van der Waals surface area contributed by atoms with Crippen LogP contribution in [0.4, 0.5) is 4.39 Å². The molecule has 17 heavy (non-hydrogen) atoms. The predicted molar refractivity (Wildman–Crippen MR) is 66.7 cm³/mol. The van der Waals surface area contributed by atoms with Gasteiger partial charge in [-0.3, -0.25) is 0 Å². The van der Waals surface area contributed by atoms with E-state index in [1.807, 2.05) is 7.05 Å². The van der Waals surface area contributed by atoms with Crippen molar-refractivity contribution in [1.82, 2.24) is 5.32 Å². The first-order valence-corrected chi connectivity index (χ1v) is 6.35. The Labute approximate surface area is 102 Å². The Morgan fingerprint density at radius 3 is 2.53 bits per heavy atom. The molecule has 0 aliphatic heterocycles. The van der Waals surface area contributed by atoms with Crippen molar-refractivity contribution in [2.24, 2.45) is 5.92 Å².